The van der Waals surface area contributed by atoms with Crippen molar-refractivity contribution in [2.45, 2.75) is 13.5 Å². The van der Waals surface area contributed by atoms with Crippen LogP contribution in [0, 0.1) is 10.1 Å². The Morgan fingerprint density at radius 2 is 2.00 bits per heavy atom. The van der Waals surface area contributed by atoms with Crippen molar-refractivity contribution >= 4 is 17.3 Å². The van der Waals surface area contributed by atoms with Crippen LogP contribution in [0.1, 0.15) is 12.5 Å². The van der Waals surface area contributed by atoms with Crippen LogP contribution in [0.4, 0.5) is 11.4 Å². The van der Waals surface area contributed by atoms with E-state index in [0.717, 1.165) is 18.7 Å². The van der Waals surface area contributed by atoms with E-state index >= 15 is 0 Å². The maximum absolute atomic E-state index is 11.2. The number of amides is 1. The SMILES string of the molecule is CC(=O)N1CCN(Cc2cc([N+](=O)[O-])ccc2N)CC1. The molecule has 2 N–H and O–H groups in total. The Labute approximate surface area is 117 Å². The van der Waals surface area contributed by atoms with Gasteiger partial charge in [0.25, 0.3) is 5.69 Å². The Morgan fingerprint density at radius 3 is 2.55 bits per heavy atom. The van der Waals surface area contributed by atoms with E-state index in [0.29, 0.717) is 25.3 Å². The molecule has 1 heterocycles. The number of nitro benzene ring substituents is 1. The van der Waals surface area contributed by atoms with Gasteiger partial charge in [0.05, 0.1) is 4.92 Å². The van der Waals surface area contributed by atoms with E-state index < -0.39 is 4.92 Å². The molecule has 0 radical (unpaired) electrons. The van der Waals surface area contributed by atoms with E-state index in [1.807, 2.05) is 0 Å². The van der Waals surface area contributed by atoms with Crippen LogP contribution in [-0.4, -0.2) is 46.8 Å². The molecule has 0 saturated carbocycles. The first kappa shape index (κ1) is 14.3. The predicted molar refractivity (Wildman–Crippen MR) is 75.0 cm³/mol. The van der Waals surface area contributed by atoms with E-state index in [-0.39, 0.29) is 11.6 Å². The minimum Gasteiger partial charge on any atom is -0.398 e. The van der Waals surface area contributed by atoms with Crippen LogP contribution < -0.4 is 5.73 Å². The van der Waals surface area contributed by atoms with Crippen LogP contribution >= 0.6 is 0 Å². The van der Waals surface area contributed by atoms with Crippen molar-refractivity contribution in [1.29, 1.82) is 0 Å². The summed E-state index contributed by atoms with van der Waals surface area (Å²) in [6.07, 6.45) is 0. The number of nitro groups is 1. The van der Waals surface area contributed by atoms with Crippen molar-refractivity contribution in [3.05, 3.63) is 33.9 Å². The molecule has 1 aromatic rings. The molecule has 1 aliphatic rings. The average molecular weight is 278 g/mol. The van der Waals surface area contributed by atoms with Crippen molar-refractivity contribution in [2.75, 3.05) is 31.9 Å². The highest BCUT2D eigenvalue weighted by Crippen LogP contribution is 2.21. The van der Waals surface area contributed by atoms with Gasteiger partial charge in [-0.3, -0.25) is 19.8 Å². The maximum atomic E-state index is 11.2. The molecule has 1 saturated heterocycles. The lowest BCUT2D eigenvalue weighted by atomic mass is 10.1. The van der Waals surface area contributed by atoms with Crippen molar-refractivity contribution < 1.29 is 9.72 Å². The largest absolute Gasteiger partial charge is 0.398 e. The van der Waals surface area contributed by atoms with E-state index in [1.165, 1.54) is 12.1 Å². The van der Waals surface area contributed by atoms with E-state index in [2.05, 4.69) is 4.90 Å². The zero-order chi connectivity index (χ0) is 14.7. The van der Waals surface area contributed by atoms with Gasteiger partial charge in [-0.25, -0.2) is 0 Å². The van der Waals surface area contributed by atoms with Gasteiger partial charge >= 0.3 is 0 Å². The van der Waals surface area contributed by atoms with Gasteiger partial charge in [0, 0.05) is 57.5 Å². The molecule has 0 aromatic heterocycles. The number of hydrogen-bond donors (Lipinski definition) is 1. The van der Waals surface area contributed by atoms with Crippen molar-refractivity contribution in [3.8, 4) is 0 Å². The minimum absolute atomic E-state index is 0.0524. The molecule has 7 heteroatoms. The molecule has 1 aromatic carbocycles. The Morgan fingerprint density at radius 1 is 1.35 bits per heavy atom. The number of nitrogens with zero attached hydrogens (tertiary/aromatic N) is 3. The number of hydrogen-bond acceptors (Lipinski definition) is 5. The zero-order valence-corrected chi connectivity index (χ0v) is 11.4. The Hall–Kier alpha value is -2.15. The molecule has 0 bridgehead atoms. The van der Waals surface area contributed by atoms with Gasteiger partial charge in [-0.05, 0) is 11.6 Å². The van der Waals surface area contributed by atoms with Crippen LogP contribution in [0.3, 0.4) is 0 Å². The highest BCUT2D eigenvalue weighted by molar-refractivity contribution is 5.73. The number of piperazine rings is 1. The van der Waals surface area contributed by atoms with Gasteiger partial charge in [-0.2, -0.15) is 0 Å². The lowest BCUT2D eigenvalue weighted by Gasteiger charge is -2.34. The van der Waals surface area contributed by atoms with E-state index in [9.17, 15) is 14.9 Å². The summed E-state index contributed by atoms with van der Waals surface area (Å²) in [7, 11) is 0. The smallest absolute Gasteiger partial charge is 0.269 e. The van der Waals surface area contributed by atoms with Gasteiger partial charge in [0.2, 0.25) is 5.91 Å². The third-order valence-electron chi connectivity index (χ3n) is 3.55. The van der Waals surface area contributed by atoms with Crippen LogP contribution in [0.25, 0.3) is 0 Å². The maximum Gasteiger partial charge on any atom is 0.269 e. The summed E-state index contributed by atoms with van der Waals surface area (Å²) in [6, 6.07) is 4.50. The number of benzene rings is 1. The summed E-state index contributed by atoms with van der Waals surface area (Å²) in [5, 5.41) is 10.8. The van der Waals surface area contributed by atoms with E-state index in [4.69, 9.17) is 5.73 Å². The lowest BCUT2D eigenvalue weighted by molar-refractivity contribution is -0.384. The second kappa shape index (κ2) is 5.87. The van der Waals surface area contributed by atoms with Gasteiger partial charge in [-0.1, -0.05) is 0 Å². The standard InChI is InChI=1S/C13H18N4O3/c1-10(18)16-6-4-15(5-7-16)9-11-8-12(17(19)20)2-3-13(11)14/h2-3,8H,4-7,9,14H2,1H3. The molecule has 1 amide bonds. The van der Waals surface area contributed by atoms with E-state index in [1.54, 1.807) is 17.9 Å². The van der Waals surface area contributed by atoms with Gasteiger partial charge < -0.3 is 10.6 Å². The summed E-state index contributed by atoms with van der Waals surface area (Å²) in [4.78, 5) is 25.6. The molecule has 1 fully saturated rings. The van der Waals surface area contributed by atoms with Gasteiger partial charge in [0.1, 0.15) is 0 Å². The third kappa shape index (κ3) is 3.24. The van der Waals surface area contributed by atoms with Gasteiger partial charge in [0.15, 0.2) is 0 Å². The molecule has 7 nitrogen and oxygen atoms in total. The number of carbonyl (C=O) groups excluding carboxylic acids is 1. The minimum atomic E-state index is -0.420. The molecule has 0 atom stereocenters. The number of rotatable bonds is 3. The van der Waals surface area contributed by atoms with Gasteiger partial charge in [-0.15, -0.1) is 0 Å². The molecular formula is C13H18N4O3. The van der Waals surface area contributed by atoms with Crippen LogP contribution in [-0.2, 0) is 11.3 Å². The number of nitrogen functional groups attached to an aromatic ring is 1. The summed E-state index contributed by atoms with van der Waals surface area (Å²) in [5.74, 6) is 0.0829. The predicted octanol–water partition coefficient (Wildman–Crippen LogP) is 0.841. The first-order chi connectivity index (χ1) is 9.47. The monoisotopic (exact) mass is 278 g/mol. The normalized spacial score (nSPS) is 16.1. The zero-order valence-electron chi connectivity index (χ0n) is 11.4. The second-order valence-corrected chi connectivity index (χ2v) is 4.92. The number of non-ortho nitro benzene ring substituents is 1. The highest BCUT2D eigenvalue weighted by atomic mass is 16.6. The topological polar surface area (TPSA) is 92.7 Å². The molecule has 1 aliphatic heterocycles. The molecule has 0 unspecified atom stereocenters. The average Bonchev–Trinajstić information content (AvgIpc) is 2.41. The fourth-order valence-electron chi connectivity index (χ4n) is 2.30. The molecule has 108 valence electrons. The molecular weight excluding hydrogens is 260 g/mol. The fraction of sp³-hybridized carbons (Fsp3) is 0.462. The lowest BCUT2D eigenvalue weighted by Crippen LogP contribution is -2.47. The summed E-state index contributed by atoms with van der Waals surface area (Å²) in [6.45, 7) is 5.01. The quantitative estimate of drug-likeness (QED) is 0.502. The molecule has 20 heavy (non-hydrogen) atoms. The third-order valence-corrected chi connectivity index (χ3v) is 3.55. The Bertz CT molecular complexity index is 524. The summed E-state index contributed by atoms with van der Waals surface area (Å²) >= 11 is 0. The van der Waals surface area contributed by atoms with Crippen LogP contribution in [0.15, 0.2) is 18.2 Å². The molecule has 0 spiro atoms. The first-order valence-electron chi connectivity index (χ1n) is 6.48. The number of anilines is 1. The number of nitrogens with two attached hydrogens (primary N) is 1. The molecule has 0 aliphatic carbocycles. The highest BCUT2D eigenvalue weighted by Gasteiger charge is 2.20. The number of carbonyl (C=O) groups is 1. The summed E-state index contributed by atoms with van der Waals surface area (Å²) in [5.41, 5.74) is 7.24. The van der Waals surface area contributed by atoms with Crippen molar-refractivity contribution in [1.82, 2.24) is 9.80 Å². The van der Waals surface area contributed by atoms with Crippen LogP contribution in [0.5, 0.6) is 0 Å². The fourth-order valence-corrected chi connectivity index (χ4v) is 2.30. The first-order valence-corrected chi connectivity index (χ1v) is 6.48. The van der Waals surface area contributed by atoms with Crippen molar-refractivity contribution in [3.63, 3.8) is 0 Å². The van der Waals surface area contributed by atoms with Crippen LogP contribution in [0.2, 0.25) is 0 Å². The van der Waals surface area contributed by atoms with Crippen molar-refractivity contribution in [2.24, 2.45) is 0 Å². The second-order valence-electron chi connectivity index (χ2n) is 4.92. The molecule has 2 rings (SSSR count). The Kier molecular flexibility index (Phi) is 4.19. The Balaban J connectivity index is 2.02. The summed E-state index contributed by atoms with van der Waals surface area (Å²) < 4.78 is 0.